The van der Waals surface area contributed by atoms with E-state index in [0.717, 1.165) is 22.9 Å². The van der Waals surface area contributed by atoms with Crippen molar-refractivity contribution in [3.05, 3.63) is 42.6 Å². The largest absolute Gasteiger partial charge is 0.474 e. The summed E-state index contributed by atoms with van der Waals surface area (Å²) in [6.45, 7) is 4.16. The van der Waals surface area contributed by atoms with E-state index in [1.165, 1.54) is 12.3 Å². The average molecular weight is 364 g/mol. The van der Waals surface area contributed by atoms with Crippen LogP contribution in [0.2, 0.25) is 0 Å². The molecule has 0 aromatic carbocycles. The Morgan fingerprint density at radius 1 is 1.19 bits per heavy atom. The van der Waals surface area contributed by atoms with Crippen molar-refractivity contribution in [3.8, 4) is 28.4 Å². The van der Waals surface area contributed by atoms with Gasteiger partial charge in [-0.05, 0) is 32.0 Å². The van der Waals surface area contributed by atoms with Crippen LogP contribution >= 0.6 is 0 Å². The number of aromatic nitrogens is 6. The number of halogens is 1. The van der Waals surface area contributed by atoms with Crippen molar-refractivity contribution < 1.29 is 9.13 Å². The van der Waals surface area contributed by atoms with Gasteiger partial charge in [0.05, 0.1) is 35.8 Å². The van der Waals surface area contributed by atoms with Crippen LogP contribution in [0.3, 0.4) is 0 Å². The van der Waals surface area contributed by atoms with E-state index >= 15 is 0 Å². The molecule has 0 aliphatic carbocycles. The van der Waals surface area contributed by atoms with E-state index in [1.54, 1.807) is 18.5 Å². The predicted octanol–water partition coefficient (Wildman–Crippen LogP) is 3.75. The van der Waals surface area contributed by atoms with Crippen LogP contribution in [-0.2, 0) is 0 Å². The Morgan fingerprint density at radius 2 is 2.07 bits per heavy atom. The zero-order valence-corrected chi connectivity index (χ0v) is 14.8. The quantitative estimate of drug-likeness (QED) is 0.586. The number of fused-ring (bicyclic) bond motifs is 2. The summed E-state index contributed by atoms with van der Waals surface area (Å²) in [6, 6.07) is 5.11. The van der Waals surface area contributed by atoms with Crippen molar-refractivity contribution in [1.82, 2.24) is 29.9 Å². The molecule has 4 aromatic rings. The Hall–Kier alpha value is -3.29. The Labute approximate surface area is 154 Å². The molecule has 5 heterocycles. The molecule has 0 fully saturated rings. The maximum Gasteiger partial charge on any atom is 0.221 e. The normalized spacial score (nSPS) is 19.1. The molecule has 8 heteroatoms. The first-order valence-corrected chi connectivity index (χ1v) is 8.81. The van der Waals surface area contributed by atoms with Crippen LogP contribution in [0, 0.1) is 5.82 Å². The van der Waals surface area contributed by atoms with E-state index in [-0.39, 0.29) is 18.0 Å². The topological polar surface area (TPSA) is 81.5 Å². The Morgan fingerprint density at radius 3 is 2.89 bits per heavy atom. The molecule has 0 bridgehead atoms. The molecule has 1 N–H and O–H groups in total. The molecule has 0 radical (unpaired) electrons. The lowest BCUT2D eigenvalue weighted by Gasteiger charge is -2.27. The van der Waals surface area contributed by atoms with Gasteiger partial charge >= 0.3 is 0 Å². The highest BCUT2D eigenvalue weighted by Crippen LogP contribution is 2.44. The van der Waals surface area contributed by atoms with Crippen LogP contribution < -0.4 is 4.74 Å². The van der Waals surface area contributed by atoms with Crippen LogP contribution in [0.1, 0.15) is 26.3 Å². The number of nitrogens with zero attached hydrogens (tertiary/aromatic N) is 5. The molecule has 1 aliphatic heterocycles. The van der Waals surface area contributed by atoms with Crippen molar-refractivity contribution in [2.75, 3.05) is 0 Å². The van der Waals surface area contributed by atoms with E-state index in [4.69, 9.17) is 9.84 Å². The minimum Gasteiger partial charge on any atom is -0.474 e. The number of hydrogen-bond donors (Lipinski definition) is 1. The summed E-state index contributed by atoms with van der Waals surface area (Å²) in [7, 11) is 0. The molecule has 136 valence electrons. The number of hydrogen-bond acceptors (Lipinski definition) is 5. The van der Waals surface area contributed by atoms with Crippen LogP contribution in [0.15, 0.2) is 36.8 Å². The third-order valence-electron chi connectivity index (χ3n) is 4.86. The fourth-order valence-electron chi connectivity index (χ4n) is 3.66. The van der Waals surface area contributed by atoms with Crippen molar-refractivity contribution in [1.29, 1.82) is 0 Å². The summed E-state index contributed by atoms with van der Waals surface area (Å²) in [6.07, 6.45) is 5.59. The monoisotopic (exact) mass is 364 g/mol. The molecule has 1 aliphatic rings. The van der Waals surface area contributed by atoms with Gasteiger partial charge in [-0.3, -0.25) is 10.1 Å². The van der Waals surface area contributed by atoms with Gasteiger partial charge in [0.15, 0.2) is 5.65 Å². The van der Waals surface area contributed by atoms with Crippen molar-refractivity contribution in [2.45, 2.75) is 32.4 Å². The summed E-state index contributed by atoms with van der Waals surface area (Å²) >= 11 is 0. The van der Waals surface area contributed by atoms with Gasteiger partial charge < -0.3 is 4.74 Å². The Kier molecular flexibility index (Phi) is 3.46. The van der Waals surface area contributed by atoms with Crippen LogP contribution in [-0.4, -0.2) is 36.0 Å². The van der Waals surface area contributed by atoms with Gasteiger partial charge in [-0.1, -0.05) is 0 Å². The minimum absolute atomic E-state index is 0.0682. The molecule has 0 amide bonds. The molecule has 5 rings (SSSR count). The lowest BCUT2D eigenvalue weighted by Crippen LogP contribution is -2.26. The van der Waals surface area contributed by atoms with E-state index in [0.29, 0.717) is 22.9 Å². The summed E-state index contributed by atoms with van der Waals surface area (Å²) < 4.78 is 21.5. The number of pyridine rings is 2. The number of nitrogens with one attached hydrogen (secondary N) is 1. The second kappa shape index (κ2) is 5.87. The first-order chi connectivity index (χ1) is 13.1. The fraction of sp³-hybridized carbons (Fsp3) is 0.263. The first kappa shape index (κ1) is 15.9. The van der Waals surface area contributed by atoms with E-state index in [9.17, 15) is 4.39 Å². The Balaban J connectivity index is 1.83. The number of ether oxygens (including phenoxy) is 1. The van der Waals surface area contributed by atoms with E-state index in [1.807, 2.05) is 17.7 Å². The molecular formula is C19H17FN6O. The van der Waals surface area contributed by atoms with Crippen molar-refractivity contribution in [2.24, 2.45) is 0 Å². The van der Waals surface area contributed by atoms with Gasteiger partial charge in [-0.25, -0.2) is 14.1 Å². The second-order valence-electron chi connectivity index (χ2n) is 6.84. The summed E-state index contributed by atoms with van der Waals surface area (Å²) in [5.74, 6) is 0.305. The molecule has 7 nitrogen and oxygen atoms in total. The van der Waals surface area contributed by atoms with E-state index in [2.05, 4.69) is 27.1 Å². The highest BCUT2D eigenvalue weighted by Gasteiger charge is 2.31. The molecule has 0 unspecified atom stereocenters. The summed E-state index contributed by atoms with van der Waals surface area (Å²) in [5, 5.41) is 12.7. The highest BCUT2D eigenvalue weighted by molar-refractivity contribution is 5.98. The number of H-pyrrole nitrogens is 1. The summed E-state index contributed by atoms with van der Waals surface area (Å²) in [5.41, 5.74) is 3.64. The van der Waals surface area contributed by atoms with Gasteiger partial charge in [0, 0.05) is 23.6 Å². The van der Waals surface area contributed by atoms with Crippen molar-refractivity contribution in [3.63, 3.8) is 0 Å². The third kappa shape index (κ3) is 2.48. The molecule has 4 aromatic heterocycles. The predicted molar refractivity (Wildman–Crippen MR) is 97.7 cm³/mol. The third-order valence-corrected chi connectivity index (χ3v) is 4.86. The zero-order valence-electron chi connectivity index (χ0n) is 14.8. The summed E-state index contributed by atoms with van der Waals surface area (Å²) in [4.78, 5) is 8.56. The standard InChI is InChI=1S/C19H17FN6O/c1-10-7-11(2)27-19-16(13-5-6-21-18-14(13)9-23-24-18)17(25-26(10)19)15-4-3-12(20)8-22-15/h3-6,8-11H,7H2,1-2H3,(H,21,23,24)/t10-,11-/m0/s1. The lowest BCUT2D eigenvalue weighted by atomic mass is 10.0. The number of aromatic amines is 1. The second-order valence-corrected chi connectivity index (χ2v) is 6.84. The van der Waals surface area contributed by atoms with Crippen molar-refractivity contribution >= 4 is 11.0 Å². The Bertz CT molecular complexity index is 1130. The van der Waals surface area contributed by atoms with Crippen LogP contribution in [0.5, 0.6) is 5.88 Å². The van der Waals surface area contributed by atoms with Gasteiger partial charge in [0.1, 0.15) is 11.5 Å². The highest BCUT2D eigenvalue weighted by atomic mass is 19.1. The van der Waals surface area contributed by atoms with Gasteiger partial charge in [0.25, 0.3) is 0 Å². The van der Waals surface area contributed by atoms with Crippen LogP contribution in [0.25, 0.3) is 33.5 Å². The maximum atomic E-state index is 13.4. The first-order valence-electron chi connectivity index (χ1n) is 8.81. The lowest BCUT2D eigenvalue weighted by molar-refractivity contribution is 0.127. The van der Waals surface area contributed by atoms with Gasteiger partial charge in [-0.15, -0.1) is 0 Å². The molecule has 27 heavy (non-hydrogen) atoms. The van der Waals surface area contributed by atoms with Crippen LogP contribution in [0.4, 0.5) is 4.39 Å². The molecule has 0 saturated heterocycles. The van der Waals surface area contributed by atoms with Gasteiger partial charge in [-0.2, -0.15) is 10.2 Å². The zero-order chi connectivity index (χ0) is 18.5. The maximum absolute atomic E-state index is 13.4. The molecule has 0 spiro atoms. The molecular weight excluding hydrogens is 347 g/mol. The molecule has 0 saturated carbocycles. The minimum atomic E-state index is -0.386. The fourth-order valence-corrected chi connectivity index (χ4v) is 3.66. The SMILES string of the molecule is C[C@H]1C[C@H](C)n2nc(-c3ccc(F)cn3)c(-c3ccnc4[nH]ncc34)c2O1. The average Bonchev–Trinajstić information content (AvgIpc) is 3.27. The van der Waals surface area contributed by atoms with E-state index < -0.39 is 0 Å². The van der Waals surface area contributed by atoms with Gasteiger partial charge in [0.2, 0.25) is 5.88 Å². The smallest absolute Gasteiger partial charge is 0.221 e. The molecule has 2 atom stereocenters. The number of rotatable bonds is 2.